The molecule has 1 aliphatic rings. The smallest absolute Gasteiger partial charge is 0.0409 e. The molecule has 1 atom stereocenters. The highest BCUT2D eigenvalue weighted by Gasteiger charge is 2.26. The van der Waals surface area contributed by atoms with Crippen LogP contribution in [0, 0.1) is 11.8 Å². The molecule has 2 aromatic heterocycles. The summed E-state index contributed by atoms with van der Waals surface area (Å²) in [5.74, 6) is 2.09. The maximum atomic E-state index is 4.78. The average Bonchev–Trinajstić information content (AvgIpc) is 3.40. The summed E-state index contributed by atoms with van der Waals surface area (Å²) in [4.78, 5) is 8.84. The Morgan fingerprint density at radius 3 is 2.56 bits per heavy atom. The van der Waals surface area contributed by atoms with Crippen LogP contribution >= 0.6 is 0 Å². The number of nitrogens with zero attached hydrogens (tertiary/aromatic N) is 2. The number of hydrogen-bond donors (Lipinski definition) is 0. The van der Waals surface area contributed by atoms with Gasteiger partial charge in [-0.2, -0.15) is 0 Å². The number of hydrogen-bond acceptors (Lipinski definition) is 2. The molecule has 2 aromatic rings. The van der Waals surface area contributed by atoms with Gasteiger partial charge in [-0.1, -0.05) is 32.9 Å². The molecule has 0 bridgehead atoms. The SMILES string of the molecule is CC(C)Cc1cc(CC(C)C/C=C/c2ccncc2)ncc1C1CC1. The molecule has 1 saturated carbocycles. The summed E-state index contributed by atoms with van der Waals surface area (Å²) in [6.07, 6.45) is 16.3. The number of rotatable bonds is 8. The van der Waals surface area contributed by atoms with E-state index in [0.717, 1.165) is 18.8 Å². The minimum atomic E-state index is 0.601. The maximum Gasteiger partial charge on any atom is 0.0409 e. The van der Waals surface area contributed by atoms with Crippen LogP contribution in [-0.2, 0) is 12.8 Å². The normalized spacial score (nSPS) is 15.8. The fourth-order valence-electron chi connectivity index (χ4n) is 3.40. The lowest BCUT2D eigenvalue weighted by Gasteiger charge is -2.14. The Hall–Kier alpha value is -1.96. The number of allylic oxidation sites excluding steroid dienone is 1. The van der Waals surface area contributed by atoms with Gasteiger partial charge < -0.3 is 0 Å². The minimum absolute atomic E-state index is 0.601. The van der Waals surface area contributed by atoms with E-state index >= 15 is 0 Å². The lowest BCUT2D eigenvalue weighted by Crippen LogP contribution is -2.05. The lowest BCUT2D eigenvalue weighted by atomic mass is 9.94. The van der Waals surface area contributed by atoms with E-state index in [2.05, 4.69) is 50.2 Å². The summed E-state index contributed by atoms with van der Waals surface area (Å²) in [6.45, 7) is 6.93. The molecule has 2 heterocycles. The first-order chi connectivity index (χ1) is 12.1. The van der Waals surface area contributed by atoms with Crippen LogP contribution in [0.1, 0.15) is 68.3 Å². The van der Waals surface area contributed by atoms with Gasteiger partial charge in [-0.15, -0.1) is 0 Å². The topological polar surface area (TPSA) is 25.8 Å². The van der Waals surface area contributed by atoms with Crippen LogP contribution in [0.15, 0.2) is 42.9 Å². The van der Waals surface area contributed by atoms with Crippen LogP contribution in [0.25, 0.3) is 6.08 Å². The summed E-state index contributed by atoms with van der Waals surface area (Å²) in [5, 5.41) is 0. The van der Waals surface area contributed by atoms with Crippen molar-refractivity contribution in [2.24, 2.45) is 11.8 Å². The summed E-state index contributed by atoms with van der Waals surface area (Å²) >= 11 is 0. The zero-order chi connectivity index (χ0) is 17.6. The monoisotopic (exact) mass is 334 g/mol. The van der Waals surface area contributed by atoms with E-state index in [1.54, 1.807) is 5.56 Å². The largest absolute Gasteiger partial charge is 0.265 e. The Morgan fingerprint density at radius 2 is 1.88 bits per heavy atom. The summed E-state index contributed by atoms with van der Waals surface area (Å²) < 4.78 is 0. The molecular formula is C23H30N2. The fraction of sp³-hybridized carbons (Fsp3) is 0.478. The fourth-order valence-corrected chi connectivity index (χ4v) is 3.40. The first-order valence-corrected chi connectivity index (χ1v) is 9.66. The molecule has 0 saturated heterocycles. The lowest BCUT2D eigenvalue weighted by molar-refractivity contribution is 0.579. The van der Waals surface area contributed by atoms with Gasteiger partial charge in [0.25, 0.3) is 0 Å². The molecule has 1 fully saturated rings. The van der Waals surface area contributed by atoms with Crippen molar-refractivity contribution >= 4 is 6.08 Å². The molecular weight excluding hydrogens is 304 g/mol. The van der Waals surface area contributed by atoms with Gasteiger partial charge in [0.1, 0.15) is 0 Å². The van der Waals surface area contributed by atoms with Gasteiger partial charge in [0, 0.05) is 24.3 Å². The summed E-state index contributed by atoms with van der Waals surface area (Å²) in [5.41, 5.74) is 5.53. The molecule has 132 valence electrons. The predicted molar refractivity (Wildman–Crippen MR) is 106 cm³/mol. The van der Waals surface area contributed by atoms with E-state index in [0.29, 0.717) is 11.8 Å². The molecule has 25 heavy (non-hydrogen) atoms. The Morgan fingerprint density at radius 1 is 1.12 bits per heavy atom. The van der Waals surface area contributed by atoms with Gasteiger partial charge in [-0.05, 0) is 84.7 Å². The second-order valence-electron chi connectivity index (χ2n) is 7.97. The van der Waals surface area contributed by atoms with Crippen LogP contribution in [0.5, 0.6) is 0 Å². The van der Waals surface area contributed by atoms with Crippen LogP contribution in [0.3, 0.4) is 0 Å². The highest BCUT2D eigenvalue weighted by molar-refractivity contribution is 5.47. The zero-order valence-electron chi connectivity index (χ0n) is 15.8. The first kappa shape index (κ1) is 17.8. The third-order valence-electron chi connectivity index (χ3n) is 4.84. The Bertz CT molecular complexity index is 699. The van der Waals surface area contributed by atoms with Gasteiger partial charge in [-0.3, -0.25) is 9.97 Å². The Balaban J connectivity index is 1.60. The van der Waals surface area contributed by atoms with Gasteiger partial charge in [-0.25, -0.2) is 0 Å². The number of aromatic nitrogens is 2. The first-order valence-electron chi connectivity index (χ1n) is 9.66. The summed E-state index contributed by atoms with van der Waals surface area (Å²) in [6, 6.07) is 6.46. The molecule has 1 unspecified atom stereocenters. The van der Waals surface area contributed by atoms with E-state index in [-0.39, 0.29) is 0 Å². The van der Waals surface area contributed by atoms with Crippen LogP contribution in [-0.4, -0.2) is 9.97 Å². The highest BCUT2D eigenvalue weighted by Crippen LogP contribution is 2.42. The Labute approximate surface area is 152 Å². The van der Waals surface area contributed by atoms with E-state index in [9.17, 15) is 0 Å². The van der Waals surface area contributed by atoms with Crippen molar-refractivity contribution in [3.63, 3.8) is 0 Å². The maximum absolute atomic E-state index is 4.78. The summed E-state index contributed by atoms with van der Waals surface area (Å²) in [7, 11) is 0. The third kappa shape index (κ3) is 5.52. The van der Waals surface area contributed by atoms with Crippen molar-refractivity contribution in [2.75, 3.05) is 0 Å². The molecule has 0 spiro atoms. The minimum Gasteiger partial charge on any atom is -0.265 e. The van der Waals surface area contributed by atoms with Crippen LogP contribution in [0.4, 0.5) is 0 Å². The van der Waals surface area contributed by atoms with Gasteiger partial charge in [0.05, 0.1) is 0 Å². The molecule has 0 radical (unpaired) electrons. The van der Waals surface area contributed by atoms with E-state index in [4.69, 9.17) is 4.98 Å². The van der Waals surface area contributed by atoms with Crippen molar-refractivity contribution in [2.45, 2.75) is 58.8 Å². The van der Waals surface area contributed by atoms with E-state index in [1.807, 2.05) is 24.5 Å². The number of pyridine rings is 2. The van der Waals surface area contributed by atoms with Crippen LogP contribution in [0.2, 0.25) is 0 Å². The quantitative estimate of drug-likeness (QED) is 0.606. The van der Waals surface area contributed by atoms with Gasteiger partial charge >= 0.3 is 0 Å². The second kappa shape index (κ2) is 8.42. The predicted octanol–water partition coefficient (Wildman–Crippen LogP) is 5.83. The van der Waals surface area contributed by atoms with Crippen LogP contribution < -0.4 is 0 Å². The molecule has 0 aromatic carbocycles. The third-order valence-corrected chi connectivity index (χ3v) is 4.84. The average molecular weight is 335 g/mol. The standard InChI is InChI=1S/C23H30N2/c1-17(2)13-21-15-22(25-16-23(21)20-7-8-20)14-18(3)5-4-6-19-9-11-24-12-10-19/h4,6,9-12,15-18,20H,5,7-8,13-14H2,1-3H3/b6-4+. The highest BCUT2D eigenvalue weighted by atomic mass is 14.7. The van der Waals surface area contributed by atoms with Crippen molar-refractivity contribution in [1.29, 1.82) is 0 Å². The van der Waals surface area contributed by atoms with E-state index < -0.39 is 0 Å². The van der Waals surface area contributed by atoms with Gasteiger partial charge in [0.2, 0.25) is 0 Å². The molecule has 0 N–H and O–H groups in total. The second-order valence-corrected chi connectivity index (χ2v) is 7.97. The molecule has 2 heteroatoms. The molecule has 3 rings (SSSR count). The molecule has 0 amide bonds. The van der Waals surface area contributed by atoms with Crippen molar-refractivity contribution in [3.05, 3.63) is 65.2 Å². The van der Waals surface area contributed by atoms with Crippen molar-refractivity contribution in [3.8, 4) is 0 Å². The van der Waals surface area contributed by atoms with Crippen molar-refractivity contribution in [1.82, 2.24) is 9.97 Å². The molecule has 1 aliphatic carbocycles. The van der Waals surface area contributed by atoms with E-state index in [1.165, 1.54) is 36.1 Å². The molecule has 2 nitrogen and oxygen atoms in total. The molecule has 0 aliphatic heterocycles. The Kier molecular flexibility index (Phi) is 6.01. The van der Waals surface area contributed by atoms with Crippen molar-refractivity contribution < 1.29 is 0 Å². The van der Waals surface area contributed by atoms with Gasteiger partial charge in [0.15, 0.2) is 0 Å². The zero-order valence-corrected chi connectivity index (χ0v) is 15.8.